The molecule has 0 spiro atoms. The molecule has 0 aliphatic rings. The topological polar surface area (TPSA) is 60.2 Å². The van der Waals surface area contributed by atoms with Gasteiger partial charge in [-0.1, -0.05) is 12.1 Å². The molecule has 0 aromatic heterocycles. The monoisotopic (exact) mass is 218 g/mol. The van der Waals surface area contributed by atoms with Crippen molar-refractivity contribution in [3.05, 3.63) is 35.4 Å². The molecule has 0 fully saturated rings. The zero-order valence-corrected chi connectivity index (χ0v) is 9.01. The van der Waals surface area contributed by atoms with Crippen molar-refractivity contribution < 1.29 is 0 Å². The SMILES string of the molecule is CNC(=S)N/N=C\c1ccc(C#N)cc1. The predicted molar refractivity (Wildman–Crippen MR) is 63.5 cm³/mol. The van der Waals surface area contributed by atoms with Crippen molar-refractivity contribution >= 4 is 23.5 Å². The molecule has 0 aliphatic carbocycles. The molecule has 76 valence electrons. The Bertz CT molecular complexity index is 402. The number of nitrogens with zero attached hydrogens (tertiary/aromatic N) is 2. The Morgan fingerprint density at radius 1 is 1.47 bits per heavy atom. The van der Waals surface area contributed by atoms with Crippen LogP contribution in [-0.2, 0) is 0 Å². The Kier molecular flexibility index (Phi) is 4.26. The van der Waals surface area contributed by atoms with Gasteiger partial charge in [-0.15, -0.1) is 0 Å². The average Bonchev–Trinajstić information content (AvgIpc) is 2.29. The number of hydrogen-bond acceptors (Lipinski definition) is 3. The molecule has 15 heavy (non-hydrogen) atoms. The van der Waals surface area contributed by atoms with Gasteiger partial charge in [0.05, 0.1) is 17.8 Å². The first kappa shape index (κ1) is 11.1. The molecular weight excluding hydrogens is 208 g/mol. The van der Waals surface area contributed by atoms with E-state index in [-0.39, 0.29) is 0 Å². The fourth-order valence-electron chi connectivity index (χ4n) is 0.865. The van der Waals surface area contributed by atoms with Crippen molar-refractivity contribution in [3.8, 4) is 6.07 Å². The average molecular weight is 218 g/mol. The van der Waals surface area contributed by atoms with E-state index in [4.69, 9.17) is 17.5 Å². The quantitative estimate of drug-likeness (QED) is 0.441. The number of rotatable bonds is 2. The second kappa shape index (κ2) is 5.73. The van der Waals surface area contributed by atoms with E-state index < -0.39 is 0 Å². The summed E-state index contributed by atoms with van der Waals surface area (Å²) in [5.74, 6) is 0. The van der Waals surface area contributed by atoms with Gasteiger partial charge in [0, 0.05) is 7.05 Å². The molecule has 0 radical (unpaired) electrons. The van der Waals surface area contributed by atoms with E-state index in [0.717, 1.165) is 5.56 Å². The largest absolute Gasteiger partial charge is 0.364 e. The first-order valence-electron chi connectivity index (χ1n) is 4.27. The van der Waals surface area contributed by atoms with Gasteiger partial charge >= 0.3 is 0 Å². The molecule has 0 amide bonds. The third-order valence-corrected chi connectivity index (χ3v) is 1.94. The minimum absolute atomic E-state index is 0.458. The number of hydrazone groups is 1. The lowest BCUT2D eigenvalue weighted by molar-refractivity contribution is 0.982. The lowest BCUT2D eigenvalue weighted by Gasteiger charge is -1.99. The summed E-state index contributed by atoms with van der Waals surface area (Å²) in [7, 11) is 1.71. The molecule has 0 atom stereocenters. The number of nitrogens with one attached hydrogen (secondary N) is 2. The first-order valence-corrected chi connectivity index (χ1v) is 4.68. The Morgan fingerprint density at radius 3 is 2.67 bits per heavy atom. The molecule has 5 heteroatoms. The molecule has 0 unspecified atom stereocenters. The molecular formula is C10H10N4S. The molecule has 0 bridgehead atoms. The summed E-state index contributed by atoms with van der Waals surface area (Å²) >= 11 is 4.83. The van der Waals surface area contributed by atoms with Crippen LogP contribution in [0.5, 0.6) is 0 Å². The van der Waals surface area contributed by atoms with Gasteiger partial charge in [-0.3, -0.25) is 5.43 Å². The summed E-state index contributed by atoms with van der Waals surface area (Å²) in [6, 6.07) is 9.14. The van der Waals surface area contributed by atoms with Crippen LogP contribution in [0.3, 0.4) is 0 Å². The fourth-order valence-corrected chi connectivity index (χ4v) is 0.918. The highest BCUT2D eigenvalue weighted by molar-refractivity contribution is 7.80. The second-order valence-corrected chi connectivity index (χ2v) is 3.09. The predicted octanol–water partition coefficient (Wildman–Crippen LogP) is 0.986. The maximum absolute atomic E-state index is 8.59. The van der Waals surface area contributed by atoms with Gasteiger partial charge in [0.1, 0.15) is 0 Å². The van der Waals surface area contributed by atoms with E-state index in [2.05, 4.69) is 15.8 Å². The van der Waals surface area contributed by atoms with E-state index in [9.17, 15) is 0 Å². The normalized spacial score (nSPS) is 9.60. The van der Waals surface area contributed by atoms with E-state index in [0.29, 0.717) is 10.7 Å². The maximum Gasteiger partial charge on any atom is 0.186 e. The fraction of sp³-hybridized carbons (Fsp3) is 0.100. The van der Waals surface area contributed by atoms with E-state index in [1.165, 1.54) is 0 Å². The summed E-state index contributed by atoms with van der Waals surface area (Å²) in [6.45, 7) is 0. The van der Waals surface area contributed by atoms with Crippen LogP contribution >= 0.6 is 12.2 Å². The second-order valence-electron chi connectivity index (χ2n) is 2.68. The van der Waals surface area contributed by atoms with Gasteiger partial charge in [-0.2, -0.15) is 10.4 Å². The van der Waals surface area contributed by atoms with Gasteiger partial charge in [-0.25, -0.2) is 0 Å². The smallest absolute Gasteiger partial charge is 0.186 e. The zero-order chi connectivity index (χ0) is 11.1. The van der Waals surface area contributed by atoms with Crippen molar-refractivity contribution in [2.45, 2.75) is 0 Å². The minimum Gasteiger partial charge on any atom is -0.364 e. The summed E-state index contributed by atoms with van der Waals surface area (Å²) in [6.07, 6.45) is 1.63. The molecule has 1 aromatic carbocycles. The third kappa shape index (κ3) is 3.75. The molecule has 1 aromatic rings. The van der Waals surface area contributed by atoms with Crippen LogP contribution in [0.4, 0.5) is 0 Å². The third-order valence-electron chi connectivity index (χ3n) is 1.65. The number of hydrogen-bond donors (Lipinski definition) is 2. The molecule has 0 saturated heterocycles. The molecule has 0 saturated carbocycles. The Labute approximate surface area is 93.6 Å². The zero-order valence-electron chi connectivity index (χ0n) is 8.19. The first-order chi connectivity index (χ1) is 7.26. The van der Waals surface area contributed by atoms with E-state index in [1.807, 2.05) is 18.2 Å². The van der Waals surface area contributed by atoms with Crippen molar-refractivity contribution in [1.29, 1.82) is 5.26 Å². The summed E-state index contributed by atoms with van der Waals surface area (Å²) < 4.78 is 0. The molecule has 2 N–H and O–H groups in total. The van der Waals surface area contributed by atoms with Crippen molar-refractivity contribution in [3.63, 3.8) is 0 Å². The van der Waals surface area contributed by atoms with Crippen LogP contribution in [0.15, 0.2) is 29.4 Å². The highest BCUT2D eigenvalue weighted by atomic mass is 32.1. The molecule has 0 heterocycles. The van der Waals surface area contributed by atoms with Crippen molar-refractivity contribution in [2.24, 2.45) is 5.10 Å². The molecule has 4 nitrogen and oxygen atoms in total. The highest BCUT2D eigenvalue weighted by Crippen LogP contribution is 2.00. The lowest BCUT2D eigenvalue weighted by Crippen LogP contribution is -2.28. The van der Waals surface area contributed by atoms with Crippen LogP contribution < -0.4 is 10.7 Å². The Morgan fingerprint density at radius 2 is 2.13 bits per heavy atom. The summed E-state index contributed by atoms with van der Waals surface area (Å²) in [5.41, 5.74) is 4.17. The van der Waals surface area contributed by atoms with Crippen LogP contribution in [0.25, 0.3) is 0 Å². The van der Waals surface area contributed by atoms with Gasteiger partial charge in [0.25, 0.3) is 0 Å². The molecule has 1 rings (SSSR count). The van der Waals surface area contributed by atoms with E-state index in [1.54, 1.807) is 25.4 Å². The standard InChI is InChI=1S/C10H10N4S/c1-12-10(15)14-13-7-9-4-2-8(6-11)3-5-9/h2-5,7H,1H3,(H2,12,14,15)/b13-7-. The van der Waals surface area contributed by atoms with Crippen LogP contribution in [-0.4, -0.2) is 18.4 Å². The van der Waals surface area contributed by atoms with Gasteiger partial charge in [0.15, 0.2) is 5.11 Å². The van der Waals surface area contributed by atoms with Crippen LogP contribution in [0.2, 0.25) is 0 Å². The van der Waals surface area contributed by atoms with Crippen molar-refractivity contribution in [2.75, 3.05) is 7.05 Å². The van der Waals surface area contributed by atoms with Crippen LogP contribution in [0, 0.1) is 11.3 Å². The Hall–Kier alpha value is -1.93. The van der Waals surface area contributed by atoms with Gasteiger partial charge in [-0.05, 0) is 29.9 Å². The summed E-state index contributed by atoms with van der Waals surface area (Å²) in [4.78, 5) is 0. The molecule has 0 aliphatic heterocycles. The maximum atomic E-state index is 8.59. The Balaban J connectivity index is 2.58. The number of thiocarbonyl (C=S) groups is 1. The number of benzene rings is 1. The van der Waals surface area contributed by atoms with Crippen LogP contribution in [0.1, 0.15) is 11.1 Å². The number of nitriles is 1. The van der Waals surface area contributed by atoms with Gasteiger partial charge in [0.2, 0.25) is 0 Å². The summed E-state index contributed by atoms with van der Waals surface area (Å²) in [5, 5.41) is 15.7. The minimum atomic E-state index is 0.458. The van der Waals surface area contributed by atoms with E-state index >= 15 is 0 Å². The van der Waals surface area contributed by atoms with Crippen molar-refractivity contribution in [1.82, 2.24) is 10.7 Å². The highest BCUT2D eigenvalue weighted by Gasteiger charge is 1.90. The van der Waals surface area contributed by atoms with Gasteiger partial charge < -0.3 is 5.32 Å². The lowest BCUT2D eigenvalue weighted by atomic mass is 10.2.